The Balaban J connectivity index is 1.95. The minimum atomic E-state index is -0.120. The molecule has 1 saturated heterocycles. The van der Waals surface area contributed by atoms with Gasteiger partial charge in [-0.3, -0.25) is 9.59 Å². The van der Waals surface area contributed by atoms with Crippen LogP contribution in [0.3, 0.4) is 0 Å². The van der Waals surface area contributed by atoms with Gasteiger partial charge in [0, 0.05) is 50.0 Å². The summed E-state index contributed by atoms with van der Waals surface area (Å²) < 4.78 is 7.14. The average Bonchev–Trinajstić information content (AvgIpc) is 2.95. The van der Waals surface area contributed by atoms with Crippen LogP contribution >= 0.6 is 0 Å². The minimum Gasteiger partial charge on any atom is -0.381 e. The van der Waals surface area contributed by atoms with E-state index in [4.69, 9.17) is 4.74 Å². The molecule has 1 fully saturated rings. The summed E-state index contributed by atoms with van der Waals surface area (Å²) in [5, 5.41) is 0. The summed E-state index contributed by atoms with van der Waals surface area (Å²) >= 11 is 0. The van der Waals surface area contributed by atoms with Crippen LogP contribution in [0.5, 0.6) is 0 Å². The Labute approximate surface area is 125 Å². The minimum absolute atomic E-state index is 0.0478. The van der Waals surface area contributed by atoms with Crippen LogP contribution in [0.1, 0.15) is 37.0 Å². The first-order chi connectivity index (χ1) is 10.2. The van der Waals surface area contributed by atoms with Gasteiger partial charge in [-0.2, -0.15) is 0 Å². The molecule has 1 aromatic rings. The fraction of sp³-hybridized carbons (Fsp3) is 0.625. The van der Waals surface area contributed by atoms with Gasteiger partial charge in [-0.15, -0.1) is 0 Å². The third-order valence-electron chi connectivity index (χ3n) is 3.86. The van der Waals surface area contributed by atoms with Crippen molar-refractivity contribution >= 4 is 5.91 Å². The number of hydrogen-bond donors (Lipinski definition) is 0. The largest absolute Gasteiger partial charge is 0.381 e. The Morgan fingerprint density at radius 1 is 1.43 bits per heavy atom. The molecular weight excluding hydrogens is 268 g/mol. The van der Waals surface area contributed by atoms with Crippen LogP contribution in [0.25, 0.3) is 0 Å². The van der Waals surface area contributed by atoms with E-state index in [1.807, 2.05) is 11.8 Å². The average molecular weight is 292 g/mol. The number of hydrogen-bond acceptors (Lipinski definition) is 3. The zero-order valence-electron chi connectivity index (χ0n) is 12.9. The highest BCUT2D eigenvalue weighted by molar-refractivity contribution is 5.94. The molecular formula is C16H24N2O3. The lowest BCUT2D eigenvalue weighted by Gasteiger charge is -2.17. The molecule has 0 spiro atoms. The third-order valence-corrected chi connectivity index (χ3v) is 3.86. The second-order valence-electron chi connectivity index (χ2n) is 5.52. The molecule has 0 bridgehead atoms. The van der Waals surface area contributed by atoms with Gasteiger partial charge in [-0.05, 0) is 25.8 Å². The van der Waals surface area contributed by atoms with Crippen LogP contribution in [-0.2, 0) is 11.3 Å². The number of pyridine rings is 1. The highest BCUT2D eigenvalue weighted by atomic mass is 16.5. The number of amides is 1. The topological polar surface area (TPSA) is 51.5 Å². The summed E-state index contributed by atoms with van der Waals surface area (Å²) in [6.07, 6.45) is 3.68. The summed E-state index contributed by atoms with van der Waals surface area (Å²) in [6, 6.07) is 3.17. The second-order valence-corrected chi connectivity index (χ2v) is 5.52. The van der Waals surface area contributed by atoms with Gasteiger partial charge in [0.1, 0.15) is 0 Å². The van der Waals surface area contributed by atoms with Crippen LogP contribution in [0.15, 0.2) is 23.1 Å². The molecule has 1 atom stereocenters. The highest BCUT2D eigenvalue weighted by Gasteiger charge is 2.27. The lowest BCUT2D eigenvalue weighted by Crippen LogP contribution is -2.31. The van der Waals surface area contributed by atoms with Crippen molar-refractivity contribution in [3.05, 3.63) is 34.2 Å². The number of aryl methyl sites for hydroxylation is 1. The first-order valence-corrected chi connectivity index (χ1v) is 7.73. The number of likely N-dealkylation sites (tertiary alicyclic amines) is 1. The first-order valence-electron chi connectivity index (χ1n) is 7.73. The van der Waals surface area contributed by atoms with Gasteiger partial charge in [0.2, 0.25) is 0 Å². The van der Waals surface area contributed by atoms with E-state index in [9.17, 15) is 9.59 Å². The molecule has 21 heavy (non-hydrogen) atoms. The maximum Gasteiger partial charge on any atom is 0.254 e. The molecule has 0 radical (unpaired) electrons. The Hall–Kier alpha value is -1.62. The SMILES string of the molecule is CCCOCC1CCN(C(=O)c2ccn(CC)c(=O)c2)C1. The Morgan fingerprint density at radius 2 is 2.24 bits per heavy atom. The Bertz CT molecular complexity index is 539. The molecule has 1 aromatic heterocycles. The van der Waals surface area contributed by atoms with Crippen LogP contribution in [0.2, 0.25) is 0 Å². The van der Waals surface area contributed by atoms with Crippen LogP contribution in [0.4, 0.5) is 0 Å². The third kappa shape index (κ3) is 3.94. The summed E-state index contributed by atoms with van der Waals surface area (Å²) in [6.45, 7) is 7.57. The molecule has 0 saturated carbocycles. The smallest absolute Gasteiger partial charge is 0.254 e. The summed E-state index contributed by atoms with van der Waals surface area (Å²) in [5.74, 6) is 0.366. The summed E-state index contributed by atoms with van der Waals surface area (Å²) in [7, 11) is 0. The summed E-state index contributed by atoms with van der Waals surface area (Å²) in [5.41, 5.74) is 0.366. The Kier molecular flexibility index (Phi) is 5.56. The number of carbonyl (C=O) groups is 1. The molecule has 0 aliphatic carbocycles. The van der Waals surface area contributed by atoms with Crippen LogP contribution < -0.4 is 5.56 Å². The number of carbonyl (C=O) groups excluding carboxylic acids is 1. The van der Waals surface area contributed by atoms with Crippen molar-refractivity contribution in [2.24, 2.45) is 5.92 Å². The normalized spacial score (nSPS) is 18.2. The van der Waals surface area contributed by atoms with Crippen molar-refractivity contribution in [3.8, 4) is 0 Å². The van der Waals surface area contributed by atoms with E-state index in [2.05, 4.69) is 6.92 Å². The lowest BCUT2D eigenvalue weighted by molar-refractivity contribution is 0.0754. The molecule has 0 aromatic carbocycles. The zero-order chi connectivity index (χ0) is 15.2. The van der Waals surface area contributed by atoms with E-state index in [1.54, 1.807) is 16.8 Å². The van der Waals surface area contributed by atoms with E-state index < -0.39 is 0 Å². The molecule has 5 nitrogen and oxygen atoms in total. The predicted molar refractivity (Wildman–Crippen MR) is 81.5 cm³/mol. The molecule has 116 valence electrons. The van der Waals surface area contributed by atoms with E-state index in [0.29, 0.717) is 18.0 Å². The van der Waals surface area contributed by atoms with Crippen molar-refractivity contribution in [3.63, 3.8) is 0 Å². The molecule has 1 amide bonds. The van der Waals surface area contributed by atoms with E-state index >= 15 is 0 Å². The van der Waals surface area contributed by atoms with Gasteiger partial charge in [-0.1, -0.05) is 6.92 Å². The van der Waals surface area contributed by atoms with Crippen molar-refractivity contribution in [2.45, 2.75) is 33.2 Å². The van der Waals surface area contributed by atoms with E-state index in [-0.39, 0.29) is 11.5 Å². The van der Waals surface area contributed by atoms with Gasteiger partial charge in [0.15, 0.2) is 0 Å². The number of nitrogens with zero attached hydrogens (tertiary/aromatic N) is 2. The van der Waals surface area contributed by atoms with Gasteiger partial charge in [0.05, 0.1) is 6.61 Å². The first kappa shape index (κ1) is 15.8. The predicted octanol–water partition coefficient (Wildman–Crippen LogP) is 1.76. The quantitative estimate of drug-likeness (QED) is 0.751. The Morgan fingerprint density at radius 3 is 2.90 bits per heavy atom. The van der Waals surface area contributed by atoms with E-state index in [1.165, 1.54) is 6.07 Å². The van der Waals surface area contributed by atoms with Crippen LogP contribution in [0, 0.1) is 5.92 Å². The van der Waals surface area contributed by atoms with Crippen molar-refractivity contribution in [1.82, 2.24) is 9.47 Å². The van der Waals surface area contributed by atoms with Gasteiger partial charge in [0.25, 0.3) is 11.5 Å². The van der Waals surface area contributed by atoms with Gasteiger partial charge >= 0.3 is 0 Å². The van der Waals surface area contributed by atoms with Crippen molar-refractivity contribution in [2.75, 3.05) is 26.3 Å². The standard InChI is InChI=1S/C16H24N2O3/c1-3-9-21-12-13-5-7-18(11-13)16(20)14-6-8-17(4-2)15(19)10-14/h6,8,10,13H,3-5,7,9,11-12H2,1-2H3. The fourth-order valence-corrected chi connectivity index (χ4v) is 2.63. The summed E-state index contributed by atoms with van der Waals surface area (Å²) in [4.78, 5) is 26.0. The molecule has 2 heterocycles. The van der Waals surface area contributed by atoms with Crippen molar-refractivity contribution in [1.29, 1.82) is 0 Å². The monoisotopic (exact) mass is 292 g/mol. The number of ether oxygens (including phenoxy) is 1. The maximum atomic E-state index is 12.4. The molecule has 0 N–H and O–H groups in total. The second kappa shape index (κ2) is 7.41. The lowest BCUT2D eigenvalue weighted by atomic mass is 10.1. The van der Waals surface area contributed by atoms with Gasteiger partial charge < -0.3 is 14.2 Å². The molecule has 1 aliphatic rings. The van der Waals surface area contributed by atoms with Crippen LogP contribution in [-0.4, -0.2) is 41.7 Å². The van der Waals surface area contributed by atoms with Gasteiger partial charge in [-0.25, -0.2) is 0 Å². The van der Waals surface area contributed by atoms with E-state index in [0.717, 1.165) is 39.1 Å². The molecule has 5 heteroatoms. The molecule has 1 aliphatic heterocycles. The number of aromatic nitrogens is 1. The number of rotatable bonds is 6. The van der Waals surface area contributed by atoms with Crippen molar-refractivity contribution < 1.29 is 9.53 Å². The molecule has 2 rings (SSSR count). The highest BCUT2D eigenvalue weighted by Crippen LogP contribution is 2.18. The fourth-order valence-electron chi connectivity index (χ4n) is 2.63. The maximum absolute atomic E-state index is 12.4. The zero-order valence-corrected chi connectivity index (χ0v) is 12.9. The molecule has 1 unspecified atom stereocenters.